The predicted molar refractivity (Wildman–Crippen MR) is 73.2 cm³/mol. The number of carbonyl (C=O) groups is 1. The van der Waals surface area contributed by atoms with Gasteiger partial charge < -0.3 is 4.90 Å². The molecule has 8 heteroatoms. The minimum absolute atomic E-state index is 0.199. The first-order chi connectivity index (χ1) is 9.29. The van der Waals surface area contributed by atoms with E-state index < -0.39 is 9.84 Å². The molecule has 1 aromatic heterocycles. The first-order valence-corrected chi connectivity index (χ1v) is 8.27. The lowest BCUT2D eigenvalue weighted by molar-refractivity contribution is 0.0717. The van der Waals surface area contributed by atoms with Crippen molar-refractivity contribution >= 4 is 15.7 Å². The molecule has 1 aromatic rings. The van der Waals surface area contributed by atoms with Gasteiger partial charge >= 0.3 is 0 Å². The molecule has 2 rings (SSSR count). The number of likely N-dealkylation sites (tertiary alicyclic amines) is 1. The maximum Gasteiger partial charge on any atom is 0.274 e. The van der Waals surface area contributed by atoms with Gasteiger partial charge in [-0.25, -0.2) is 13.1 Å². The fraction of sp³-hybridized carbons (Fsp3) is 0.583. The maximum absolute atomic E-state index is 12.2. The molecule has 2 heterocycles. The number of aryl methyl sites for hydroxylation is 1. The van der Waals surface area contributed by atoms with Gasteiger partial charge in [0.15, 0.2) is 0 Å². The topological polar surface area (TPSA) is 89.3 Å². The summed E-state index contributed by atoms with van der Waals surface area (Å²) in [7, 11) is -1.57. The zero-order valence-corrected chi connectivity index (χ0v) is 12.3. The minimum Gasteiger partial charge on any atom is -0.337 e. The number of rotatable bonds is 2. The first kappa shape index (κ1) is 14.7. The summed E-state index contributed by atoms with van der Waals surface area (Å²) in [6.07, 6.45) is 2.11. The molecular weight excluding hydrogens is 282 g/mol. The molecule has 1 saturated heterocycles. The van der Waals surface area contributed by atoms with Gasteiger partial charge in [0.1, 0.15) is 15.5 Å². The first-order valence-electron chi connectivity index (χ1n) is 6.31. The van der Waals surface area contributed by atoms with Gasteiger partial charge in [0, 0.05) is 32.5 Å². The standard InChI is InChI=1S/C12H17N3O4S/c1-14-11(16)4-3-10(13-14)12(17)15-7-5-9(6-8-15)20(2,18)19/h3-4,9H,5-8H2,1-2H3. The van der Waals surface area contributed by atoms with Crippen molar-refractivity contribution in [1.29, 1.82) is 0 Å². The van der Waals surface area contributed by atoms with Gasteiger partial charge in [-0.15, -0.1) is 0 Å². The molecular formula is C12H17N3O4S. The van der Waals surface area contributed by atoms with Crippen LogP contribution in [0.3, 0.4) is 0 Å². The molecule has 0 aromatic carbocycles. The second-order valence-electron chi connectivity index (χ2n) is 5.00. The van der Waals surface area contributed by atoms with Crippen LogP contribution in [0.15, 0.2) is 16.9 Å². The van der Waals surface area contributed by atoms with Crippen LogP contribution in [0.5, 0.6) is 0 Å². The highest BCUT2D eigenvalue weighted by atomic mass is 32.2. The number of nitrogens with zero attached hydrogens (tertiary/aromatic N) is 3. The van der Waals surface area contributed by atoms with E-state index in [1.807, 2.05) is 0 Å². The van der Waals surface area contributed by atoms with Crippen molar-refractivity contribution in [1.82, 2.24) is 14.7 Å². The Hall–Kier alpha value is -1.70. The molecule has 110 valence electrons. The van der Waals surface area contributed by atoms with Gasteiger partial charge in [-0.1, -0.05) is 0 Å². The Kier molecular flexibility index (Phi) is 3.94. The van der Waals surface area contributed by atoms with Gasteiger partial charge in [-0.05, 0) is 18.9 Å². The summed E-state index contributed by atoms with van der Waals surface area (Å²) in [5.41, 5.74) is -0.0813. The van der Waals surface area contributed by atoms with Crippen LogP contribution in [0, 0.1) is 0 Å². The number of piperidine rings is 1. The van der Waals surface area contributed by atoms with E-state index >= 15 is 0 Å². The van der Waals surface area contributed by atoms with Gasteiger partial charge in [0.05, 0.1) is 5.25 Å². The van der Waals surface area contributed by atoms with Gasteiger partial charge in [0.25, 0.3) is 11.5 Å². The summed E-state index contributed by atoms with van der Waals surface area (Å²) in [6, 6.07) is 2.69. The molecule has 0 saturated carbocycles. The van der Waals surface area contributed by atoms with Crippen molar-refractivity contribution in [3.05, 3.63) is 28.2 Å². The molecule has 20 heavy (non-hydrogen) atoms. The Bertz CT molecular complexity index is 672. The second-order valence-corrected chi connectivity index (χ2v) is 7.33. The number of hydrogen-bond acceptors (Lipinski definition) is 5. The number of aromatic nitrogens is 2. The molecule has 0 atom stereocenters. The van der Waals surface area contributed by atoms with Gasteiger partial charge in [0.2, 0.25) is 0 Å². The monoisotopic (exact) mass is 299 g/mol. The Morgan fingerprint density at radius 2 is 1.90 bits per heavy atom. The van der Waals surface area contributed by atoms with Crippen LogP contribution in [0.25, 0.3) is 0 Å². The van der Waals surface area contributed by atoms with Gasteiger partial charge in [-0.2, -0.15) is 5.10 Å². The van der Waals surface area contributed by atoms with Crippen molar-refractivity contribution in [2.45, 2.75) is 18.1 Å². The van der Waals surface area contributed by atoms with Crippen LogP contribution >= 0.6 is 0 Å². The summed E-state index contributed by atoms with van der Waals surface area (Å²) < 4.78 is 24.0. The predicted octanol–water partition coefficient (Wildman–Crippen LogP) is -0.570. The van der Waals surface area contributed by atoms with Crippen molar-refractivity contribution < 1.29 is 13.2 Å². The van der Waals surface area contributed by atoms with Crippen molar-refractivity contribution in [2.75, 3.05) is 19.3 Å². The Morgan fingerprint density at radius 3 is 2.40 bits per heavy atom. The number of amides is 1. The largest absolute Gasteiger partial charge is 0.337 e. The van der Waals surface area contributed by atoms with Crippen LogP contribution in [0.4, 0.5) is 0 Å². The lowest BCUT2D eigenvalue weighted by Gasteiger charge is -2.30. The Balaban J connectivity index is 2.09. The van der Waals surface area contributed by atoms with Gasteiger partial charge in [-0.3, -0.25) is 9.59 Å². The minimum atomic E-state index is -3.05. The molecule has 0 spiro atoms. The zero-order chi connectivity index (χ0) is 14.9. The van der Waals surface area contributed by atoms with Crippen LogP contribution in [-0.2, 0) is 16.9 Å². The smallest absolute Gasteiger partial charge is 0.274 e. The number of sulfone groups is 1. The highest BCUT2D eigenvalue weighted by Gasteiger charge is 2.29. The van der Waals surface area contributed by atoms with Crippen LogP contribution in [-0.4, -0.2) is 53.6 Å². The summed E-state index contributed by atoms with van der Waals surface area (Å²) in [4.78, 5) is 25.0. The molecule has 0 aliphatic carbocycles. The number of carbonyl (C=O) groups excluding carboxylic acids is 1. The SMILES string of the molecule is Cn1nc(C(=O)N2CCC(S(C)(=O)=O)CC2)ccc1=O. The zero-order valence-electron chi connectivity index (χ0n) is 11.4. The lowest BCUT2D eigenvalue weighted by Crippen LogP contribution is -2.43. The van der Waals surface area contributed by atoms with E-state index in [0.29, 0.717) is 25.9 Å². The fourth-order valence-corrected chi connectivity index (χ4v) is 3.33. The summed E-state index contributed by atoms with van der Waals surface area (Å²) in [5.74, 6) is -0.271. The average molecular weight is 299 g/mol. The second kappa shape index (κ2) is 5.35. The van der Waals surface area contributed by atoms with Crippen LogP contribution in [0.1, 0.15) is 23.3 Å². The van der Waals surface area contributed by atoms with Crippen molar-refractivity contribution in [2.24, 2.45) is 7.05 Å². The van der Waals surface area contributed by atoms with E-state index in [4.69, 9.17) is 0 Å². The Morgan fingerprint density at radius 1 is 1.30 bits per heavy atom. The average Bonchev–Trinajstić information content (AvgIpc) is 2.40. The third-order valence-corrected chi connectivity index (χ3v) is 5.20. The van der Waals surface area contributed by atoms with E-state index in [1.54, 1.807) is 4.90 Å². The molecule has 1 fully saturated rings. The fourth-order valence-electron chi connectivity index (χ4n) is 2.27. The summed E-state index contributed by atoms with van der Waals surface area (Å²) >= 11 is 0. The summed E-state index contributed by atoms with van der Waals surface area (Å²) in [6.45, 7) is 0.780. The molecule has 0 radical (unpaired) electrons. The lowest BCUT2D eigenvalue weighted by atomic mass is 10.1. The molecule has 1 aliphatic heterocycles. The molecule has 0 unspecified atom stereocenters. The van der Waals surface area contributed by atoms with Crippen LogP contribution < -0.4 is 5.56 Å². The molecule has 0 N–H and O–H groups in total. The maximum atomic E-state index is 12.2. The molecule has 7 nitrogen and oxygen atoms in total. The molecule has 1 aliphatic rings. The summed E-state index contributed by atoms with van der Waals surface area (Å²) in [5, 5.41) is 3.53. The van der Waals surface area contributed by atoms with E-state index in [0.717, 1.165) is 4.68 Å². The number of hydrogen-bond donors (Lipinski definition) is 0. The quantitative estimate of drug-likeness (QED) is 0.729. The molecule has 0 bridgehead atoms. The van der Waals surface area contributed by atoms with Crippen LogP contribution in [0.2, 0.25) is 0 Å². The van der Waals surface area contributed by atoms with E-state index in [-0.39, 0.29) is 22.4 Å². The van der Waals surface area contributed by atoms with Crippen molar-refractivity contribution in [3.8, 4) is 0 Å². The third kappa shape index (κ3) is 3.06. The van der Waals surface area contributed by atoms with Crippen molar-refractivity contribution in [3.63, 3.8) is 0 Å². The van der Waals surface area contributed by atoms with E-state index in [2.05, 4.69) is 5.10 Å². The highest BCUT2D eigenvalue weighted by molar-refractivity contribution is 7.91. The highest BCUT2D eigenvalue weighted by Crippen LogP contribution is 2.18. The Labute approximate surface area is 117 Å². The van der Waals surface area contributed by atoms with E-state index in [9.17, 15) is 18.0 Å². The third-order valence-electron chi connectivity index (χ3n) is 3.51. The van der Waals surface area contributed by atoms with E-state index in [1.165, 1.54) is 25.4 Å². The molecule has 1 amide bonds. The normalized spacial score (nSPS) is 17.2.